The molecule has 0 spiro atoms. The van der Waals surface area contributed by atoms with Crippen LogP contribution in [0.15, 0.2) is 47.4 Å². The summed E-state index contributed by atoms with van der Waals surface area (Å²) in [6, 6.07) is 11.9. The standard InChI is InChI=1S/C26H28N8O3/c1-32(26(36)37-2)15-19-4-3-5-22(29-19)34-23-21(24(35)33(34)20-8-9-20)14-28-25(31-23)30-18-7-6-17-13-27-11-10-16(17)12-18/h3-7,12,14,20,27H,8-11,13,15H2,1-2H3,(H,28,30,31). The Labute approximate surface area is 213 Å². The summed E-state index contributed by atoms with van der Waals surface area (Å²) < 4.78 is 8.30. The highest BCUT2D eigenvalue weighted by Gasteiger charge is 2.31. The second kappa shape index (κ2) is 9.32. The molecule has 1 aliphatic heterocycles. The smallest absolute Gasteiger partial charge is 0.409 e. The summed E-state index contributed by atoms with van der Waals surface area (Å²) in [5, 5.41) is 7.13. The first kappa shape index (κ1) is 23.2. The van der Waals surface area contributed by atoms with Gasteiger partial charge in [-0.2, -0.15) is 4.98 Å². The average molecular weight is 501 g/mol. The first-order valence-corrected chi connectivity index (χ1v) is 12.4. The first-order chi connectivity index (χ1) is 18.0. The van der Waals surface area contributed by atoms with Gasteiger partial charge in [-0.05, 0) is 61.2 Å². The Morgan fingerprint density at radius 2 is 2.08 bits per heavy atom. The topological polar surface area (TPSA) is 119 Å². The van der Waals surface area contributed by atoms with E-state index in [-0.39, 0.29) is 18.1 Å². The highest BCUT2D eigenvalue weighted by molar-refractivity contribution is 5.77. The molecule has 190 valence electrons. The highest BCUT2D eigenvalue weighted by Crippen LogP contribution is 2.35. The highest BCUT2D eigenvalue weighted by atomic mass is 16.5. The number of carbonyl (C=O) groups excluding carboxylic acids is 1. The minimum absolute atomic E-state index is 0.0931. The molecule has 4 heterocycles. The lowest BCUT2D eigenvalue weighted by Gasteiger charge is -2.18. The van der Waals surface area contributed by atoms with Crippen molar-refractivity contribution in [2.45, 2.75) is 38.4 Å². The number of nitrogens with zero attached hydrogens (tertiary/aromatic N) is 6. The molecule has 0 atom stereocenters. The van der Waals surface area contributed by atoms with Crippen LogP contribution in [-0.2, 0) is 24.2 Å². The maximum Gasteiger partial charge on any atom is 0.409 e. The number of aromatic nitrogens is 5. The van der Waals surface area contributed by atoms with Gasteiger partial charge in [0.2, 0.25) is 5.95 Å². The van der Waals surface area contributed by atoms with E-state index in [0.29, 0.717) is 28.5 Å². The predicted octanol–water partition coefficient (Wildman–Crippen LogP) is 2.90. The molecule has 0 saturated heterocycles. The number of rotatable bonds is 6. The summed E-state index contributed by atoms with van der Waals surface area (Å²) in [7, 11) is 2.99. The van der Waals surface area contributed by atoms with Gasteiger partial charge in [0.05, 0.1) is 25.4 Å². The maximum absolute atomic E-state index is 13.4. The summed E-state index contributed by atoms with van der Waals surface area (Å²) in [5.74, 6) is 0.963. The lowest BCUT2D eigenvalue weighted by Crippen LogP contribution is -2.26. The van der Waals surface area contributed by atoms with Crippen LogP contribution in [0, 0.1) is 0 Å². The van der Waals surface area contributed by atoms with Gasteiger partial charge in [-0.25, -0.2) is 24.1 Å². The van der Waals surface area contributed by atoms with Crippen LogP contribution in [0.1, 0.15) is 35.7 Å². The SMILES string of the molecule is COC(=O)N(C)Cc1cccc(-n2c3nc(Nc4ccc5c(c4)CCNC5)ncc3c(=O)n2C2CC2)n1. The second-order valence-electron chi connectivity index (χ2n) is 9.47. The molecule has 2 N–H and O–H groups in total. The molecule has 1 fully saturated rings. The van der Waals surface area contributed by atoms with E-state index >= 15 is 0 Å². The zero-order chi connectivity index (χ0) is 25.5. The fraction of sp³-hybridized carbons (Fsp3) is 0.346. The number of hydrogen-bond donors (Lipinski definition) is 2. The molecule has 0 unspecified atom stereocenters. The minimum Gasteiger partial charge on any atom is -0.453 e. The molecule has 1 saturated carbocycles. The quantitative estimate of drug-likeness (QED) is 0.415. The number of nitrogens with one attached hydrogen (secondary N) is 2. The van der Waals surface area contributed by atoms with E-state index in [9.17, 15) is 9.59 Å². The predicted molar refractivity (Wildman–Crippen MR) is 138 cm³/mol. The molecular formula is C26H28N8O3. The Morgan fingerprint density at radius 1 is 1.22 bits per heavy atom. The molecule has 0 bridgehead atoms. The van der Waals surface area contributed by atoms with Crippen molar-refractivity contribution in [1.29, 1.82) is 0 Å². The van der Waals surface area contributed by atoms with E-state index in [1.54, 1.807) is 22.6 Å². The second-order valence-corrected chi connectivity index (χ2v) is 9.47. The third kappa shape index (κ3) is 4.42. The van der Waals surface area contributed by atoms with Crippen LogP contribution in [-0.4, -0.2) is 56.0 Å². The molecule has 0 radical (unpaired) electrons. The van der Waals surface area contributed by atoms with Crippen molar-refractivity contribution in [3.63, 3.8) is 0 Å². The van der Waals surface area contributed by atoms with Gasteiger partial charge in [-0.1, -0.05) is 12.1 Å². The van der Waals surface area contributed by atoms with E-state index in [1.165, 1.54) is 23.1 Å². The Bertz CT molecular complexity index is 1560. The lowest BCUT2D eigenvalue weighted by atomic mass is 10.0. The van der Waals surface area contributed by atoms with Crippen LogP contribution >= 0.6 is 0 Å². The molecule has 1 aliphatic carbocycles. The Hall–Kier alpha value is -4.25. The van der Waals surface area contributed by atoms with Crippen LogP contribution in [0.4, 0.5) is 16.4 Å². The van der Waals surface area contributed by atoms with Gasteiger partial charge in [0.15, 0.2) is 11.5 Å². The van der Waals surface area contributed by atoms with Crippen molar-refractivity contribution >= 4 is 28.8 Å². The number of anilines is 2. The number of fused-ring (bicyclic) bond motifs is 2. The van der Waals surface area contributed by atoms with Crippen LogP contribution in [0.25, 0.3) is 16.9 Å². The normalized spacial score (nSPS) is 14.9. The van der Waals surface area contributed by atoms with Gasteiger partial charge in [0.1, 0.15) is 5.39 Å². The largest absolute Gasteiger partial charge is 0.453 e. The molecular weight excluding hydrogens is 472 g/mol. The molecule has 37 heavy (non-hydrogen) atoms. The van der Waals surface area contributed by atoms with Crippen molar-refractivity contribution < 1.29 is 9.53 Å². The summed E-state index contributed by atoms with van der Waals surface area (Å²) in [5.41, 5.74) is 4.53. The summed E-state index contributed by atoms with van der Waals surface area (Å²) in [4.78, 5) is 40.6. The Kier molecular flexibility index (Phi) is 5.84. The zero-order valence-electron chi connectivity index (χ0n) is 20.8. The summed E-state index contributed by atoms with van der Waals surface area (Å²) in [6.07, 6.45) is 3.95. The first-order valence-electron chi connectivity index (χ1n) is 12.4. The molecule has 1 amide bonds. The molecule has 11 nitrogen and oxygen atoms in total. The molecule has 2 aliphatic rings. The molecule has 4 aromatic rings. The van der Waals surface area contributed by atoms with Gasteiger partial charge < -0.3 is 20.3 Å². The number of pyridine rings is 1. The lowest BCUT2D eigenvalue weighted by molar-refractivity contribution is 0.131. The number of ether oxygens (including phenoxy) is 1. The van der Waals surface area contributed by atoms with E-state index in [2.05, 4.69) is 27.8 Å². The van der Waals surface area contributed by atoms with Crippen LogP contribution in [0.2, 0.25) is 0 Å². The van der Waals surface area contributed by atoms with Gasteiger partial charge in [0, 0.05) is 25.5 Å². The van der Waals surface area contributed by atoms with Crippen LogP contribution in [0.3, 0.4) is 0 Å². The van der Waals surface area contributed by atoms with Crippen molar-refractivity contribution in [1.82, 2.24) is 34.5 Å². The van der Waals surface area contributed by atoms with Crippen LogP contribution < -0.4 is 16.2 Å². The number of benzene rings is 1. The Balaban J connectivity index is 1.40. The van der Waals surface area contributed by atoms with E-state index in [1.807, 2.05) is 24.3 Å². The Morgan fingerprint density at radius 3 is 2.89 bits per heavy atom. The molecule has 6 rings (SSSR count). The van der Waals surface area contributed by atoms with Gasteiger partial charge in [-0.15, -0.1) is 0 Å². The number of hydrogen-bond acceptors (Lipinski definition) is 8. The van der Waals surface area contributed by atoms with Crippen LogP contribution in [0.5, 0.6) is 0 Å². The zero-order valence-corrected chi connectivity index (χ0v) is 20.8. The maximum atomic E-state index is 13.4. The van der Waals surface area contributed by atoms with Crippen molar-refractivity contribution in [3.05, 3.63) is 69.8 Å². The minimum atomic E-state index is -0.449. The van der Waals surface area contributed by atoms with Crippen molar-refractivity contribution in [2.75, 3.05) is 26.0 Å². The summed E-state index contributed by atoms with van der Waals surface area (Å²) in [6.45, 7) is 2.10. The molecule has 11 heteroatoms. The van der Waals surface area contributed by atoms with Gasteiger partial charge >= 0.3 is 6.09 Å². The number of methoxy groups -OCH3 is 1. The monoisotopic (exact) mass is 500 g/mol. The fourth-order valence-corrected chi connectivity index (χ4v) is 4.75. The fourth-order valence-electron chi connectivity index (χ4n) is 4.75. The van der Waals surface area contributed by atoms with Crippen molar-refractivity contribution in [3.8, 4) is 5.82 Å². The third-order valence-electron chi connectivity index (χ3n) is 6.76. The summed E-state index contributed by atoms with van der Waals surface area (Å²) >= 11 is 0. The van der Waals surface area contributed by atoms with E-state index in [0.717, 1.165) is 38.0 Å². The van der Waals surface area contributed by atoms with Gasteiger partial charge in [0.25, 0.3) is 5.56 Å². The van der Waals surface area contributed by atoms with Crippen molar-refractivity contribution in [2.24, 2.45) is 0 Å². The average Bonchev–Trinajstić information content (AvgIpc) is 3.72. The number of amides is 1. The molecule has 3 aromatic heterocycles. The molecule has 1 aromatic carbocycles. The number of carbonyl (C=O) groups is 1. The van der Waals surface area contributed by atoms with Gasteiger partial charge in [-0.3, -0.25) is 4.79 Å². The third-order valence-corrected chi connectivity index (χ3v) is 6.76. The van der Waals surface area contributed by atoms with E-state index < -0.39 is 6.09 Å². The van der Waals surface area contributed by atoms with E-state index in [4.69, 9.17) is 14.7 Å².